The highest BCUT2D eigenvalue weighted by Gasteiger charge is 2.27. The molecule has 1 aliphatic carbocycles. The number of carbonyl (C=O) groups is 2. The van der Waals surface area contributed by atoms with Crippen LogP contribution in [0.15, 0.2) is 59.0 Å². The molecule has 0 radical (unpaired) electrons. The SMILES string of the molecule is O=C(CCC1CCCCC1)N[C@@H](CCc1ccccc1)C(=O)c1nc2ccccc2o1. The van der Waals surface area contributed by atoms with Crippen molar-refractivity contribution < 1.29 is 14.0 Å². The number of benzene rings is 2. The highest BCUT2D eigenvalue weighted by atomic mass is 16.4. The molecule has 4 rings (SSSR count). The number of amides is 1. The number of hydrogen-bond donors (Lipinski definition) is 1. The van der Waals surface area contributed by atoms with Crippen LogP contribution in [-0.4, -0.2) is 22.7 Å². The second kappa shape index (κ2) is 10.4. The number of rotatable bonds is 9. The van der Waals surface area contributed by atoms with Crippen LogP contribution in [0.4, 0.5) is 0 Å². The van der Waals surface area contributed by atoms with Crippen molar-refractivity contribution in [1.82, 2.24) is 10.3 Å². The van der Waals surface area contributed by atoms with Gasteiger partial charge in [0.2, 0.25) is 11.7 Å². The summed E-state index contributed by atoms with van der Waals surface area (Å²) in [6.45, 7) is 0. The van der Waals surface area contributed by atoms with Gasteiger partial charge in [-0.3, -0.25) is 9.59 Å². The van der Waals surface area contributed by atoms with Crippen molar-refractivity contribution in [3.63, 3.8) is 0 Å². The van der Waals surface area contributed by atoms with E-state index in [1.165, 1.54) is 32.1 Å². The van der Waals surface area contributed by atoms with Crippen molar-refractivity contribution in [2.45, 2.75) is 63.8 Å². The number of hydrogen-bond acceptors (Lipinski definition) is 4. The number of aryl methyl sites for hydroxylation is 1. The largest absolute Gasteiger partial charge is 0.434 e. The van der Waals surface area contributed by atoms with Gasteiger partial charge in [-0.1, -0.05) is 74.6 Å². The molecule has 162 valence electrons. The smallest absolute Gasteiger partial charge is 0.266 e. The number of carbonyl (C=O) groups excluding carboxylic acids is 2. The van der Waals surface area contributed by atoms with Gasteiger partial charge in [-0.2, -0.15) is 0 Å². The third-order valence-corrected chi connectivity index (χ3v) is 6.23. The van der Waals surface area contributed by atoms with Crippen molar-refractivity contribution >= 4 is 22.8 Å². The Hall–Kier alpha value is -2.95. The molecule has 1 N–H and O–H groups in total. The molecule has 1 aliphatic rings. The van der Waals surface area contributed by atoms with Gasteiger partial charge in [0, 0.05) is 6.42 Å². The maximum absolute atomic E-state index is 13.2. The molecule has 1 heterocycles. The molecule has 5 heteroatoms. The number of oxazole rings is 1. The zero-order valence-corrected chi connectivity index (χ0v) is 17.9. The average Bonchev–Trinajstić information content (AvgIpc) is 3.26. The second-order valence-corrected chi connectivity index (χ2v) is 8.54. The Morgan fingerprint density at radius 3 is 2.52 bits per heavy atom. The van der Waals surface area contributed by atoms with Crippen LogP contribution in [0.2, 0.25) is 0 Å². The summed E-state index contributed by atoms with van der Waals surface area (Å²) in [6, 6.07) is 16.7. The van der Waals surface area contributed by atoms with E-state index in [9.17, 15) is 9.59 Å². The van der Waals surface area contributed by atoms with E-state index in [0.717, 1.165) is 12.0 Å². The van der Waals surface area contributed by atoms with Crippen LogP contribution in [0, 0.1) is 5.92 Å². The molecule has 0 aliphatic heterocycles. The van der Waals surface area contributed by atoms with Crippen molar-refractivity contribution in [1.29, 1.82) is 0 Å². The van der Waals surface area contributed by atoms with E-state index in [1.54, 1.807) is 6.07 Å². The van der Waals surface area contributed by atoms with Crippen LogP contribution in [-0.2, 0) is 11.2 Å². The minimum Gasteiger partial charge on any atom is -0.434 e. The maximum Gasteiger partial charge on any atom is 0.266 e. The fraction of sp³-hybridized carbons (Fsp3) is 0.423. The predicted molar refractivity (Wildman–Crippen MR) is 121 cm³/mol. The molecule has 1 fully saturated rings. The van der Waals surface area contributed by atoms with Gasteiger partial charge >= 0.3 is 0 Å². The highest BCUT2D eigenvalue weighted by molar-refractivity contribution is 6.00. The molecule has 1 saturated carbocycles. The summed E-state index contributed by atoms with van der Waals surface area (Å²) in [7, 11) is 0. The fourth-order valence-electron chi connectivity index (χ4n) is 4.43. The van der Waals surface area contributed by atoms with Gasteiger partial charge in [-0.05, 0) is 42.9 Å². The van der Waals surface area contributed by atoms with Crippen molar-refractivity contribution in [3.05, 3.63) is 66.1 Å². The second-order valence-electron chi connectivity index (χ2n) is 8.54. The summed E-state index contributed by atoms with van der Waals surface area (Å²) in [5, 5.41) is 2.98. The topological polar surface area (TPSA) is 72.2 Å². The van der Waals surface area contributed by atoms with Gasteiger partial charge in [0.1, 0.15) is 5.52 Å². The third kappa shape index (κ3) is 5.81. The standard InChI is InChI=1S/C26H30N2O3/c29-24(18-16-20-11-5-2-6-12-20)27-22(17-15-19-9-3-1-4-10-19)25(30)26-28-21-13-7-8-14-23(21)31-26/h1,3-4,7-10,13-14,20,22H,2,5-6,11-12,15-18H2,(H,27,29)/t22-/m0/s1. The lowest BCUT2D eigenvalue weighted by Crippen LogP contribution is -2.41. The number of nitrogens with zero attached hydrogens (tertiary/aromatic N) is 1. The Morgan fingerprint density at radius 1 is 1.00 bits per heavy atom. The molecule has 0 bridgehead atoms. The molecule has 5 nitrogen and oxygen atoms in total. The number of para-hydroxylation sites is 2. The van der Waals surface area contributed by atoms with Crippen molar-refractivity contribution in [2.75, 3.05) is 0 Å². The first-order valence-corrected chi connectivity index (χ1v) is 11.4. The summed E-state index contributed by atoms with van der Waals surface area (Å²) >= 11 is 0. The van der Waals surface area contributed by atoms with Crippen LogP contribution >= 0.6 is 0 Å². The van der Waals surface area contributed by atoms with Crippen LogP contribution in [0.3, 0.4) is 0 Å². The minimum atomic E-state index is -0.646. The normalized spacial score (nSPS) is 15.6. The summed E-state index contributed by atoms with van der Waals surface area (Å²) in [4.78, 5) is 30.3. The highest BCUT2D eigenvalue weighted by Crippen LogP contribution is 2.27. The van der Waals surface area contributed by atoms with Gasteiger partial charge in [0.15, 0.2) is 5.58 Å². The number of ketones is 1. The lowest BCUT2D eigenvalue weighted by molar-refractivity contribution is -0.122. The molecule has 1 amide bonds. The molecule has 1 aromatic heterocycles. The Morgan fingerprint density at radius 2 is 1.74 bits per heavy atom. The third-order valence-electron chi connectivity index (χ3n) is 6.23. The van der Waals surface area contributed by atoms with Gasteiger partial charge in [0.05, 0.1) is 6.04 Å². The summed E-state index contributed by atoms with van der Waals surface area (Å²) < 4.78 is 5.69. The first-order chi connectivity index (χ1) is 15.2. The Labute approximate surface area is 183 Å². The fourth-order valence-corrected chi connectivity index (χ4v) is 4.43. The van der Waals surface area contributed by atoms with Gasteiger partial charge in [0.25, 0.3) is 5.89 Å². The van der Waals surface area contributed by atoms with Gasteiger partial charge in [-0.25, -0.2) is 4.98 Å². The lowest BCUT2D eigenvalue weighted by atomic mass is 9.86. The predicted octanol–water partition coefficient (Wildman–Crippen LogP) is 5.49. The van der Waals surface area contributed by atoms with E-state index in [0.29, 0.717) is 36.3 Å². The Kier molecular flexibility index (Phi) is 7.13. The van der Waals surface area contributed by atoms with E-state index in [2.05, 4.69) is 10.3 Å². The van der Waals surface area contributed by atoms with Crippen LogP contribution < -0.4 is 5.32 Å². The van der Waals surface area contributed by atoms with E-state index < -0.39 is 6.04 Å². The molecule has 0 spiro atoms. The summed E-state index contributed by atoms with van der Waals surface area (Å²) in [6.07, 6.45) is 8.84. The number of fused-ring (bicyclic) bond motifs is 1. The number of nitrogens with one attached hydrogen (secondary N) is 1. The first kappa shape index (κ1) is 21.3. The zero-order chi connectivity index (χ0) is 21.5. The quantitative estimate of drug-likeness (QED) is 0.467. The molecule has 1 atom stereocenters. The van der Waals surface area contributed by atoms with E-state index >= 15 is 0 Å². The molecular weight excluding hydrogens is 388 g/mol. The molecule has 0 unspecified atom stereocenters. The summed E-state index contributed by atoms with van der Waals surface area (Å²) in [5.41, 5.74) is 2.36. The molecule has 3 aromatic rings. The molecule has 31 heavy (non-hydrogen) atoms. The van der Waals surface area contributed by atoms with Crippen LogP contribution in [0.1, 0.15) is 67.6 Å². The number of aromatic nitrogens is 1. The zero-order valence-electron chi connectivity index (χ0n) is 17.9. The van der Waals surface area contributed by atoms with E-state index in [4.69, 9.17) is 4.42 Å². The van der Waals surface area contributed by atoms with Crippen molar-refractivity contribution in [2.24, 2.45) is 5.92 Å². The van der Waals surface area contributed by atoms with E-state index in [-0.39, 0.29) is 17.6 Å². The number of Topliss-reactive ketones (excluding diaryl/α,β-unsaturated/α-hetero) is 1. The average molecular weight is 419 g/mol. The molecular formula is C26H30N2O3. The first-order valence-electron chi connectivity index (χ1n) is 11.4. The maximum atomic E-state index is 13.2. The van der Waals surface area contributed by atoms with Crippen LogP contribution in [0.25, 0.3) is 11.1 Å². The van der Waals surface area contributed by atoms with Gasteiger partial charge < -0.3 is 9.73 Å². The van der Waals surface area contributed by atoms with E-state index in [1.807, 2.05) is 48.5 Å². The Bertz CT molecular complexity index is 973. The minimum absolute atomic E-state index is 0.0619. The molecule has 0 saturated heterocycles. The molecule has 2 aromatic carbocycles. The lowest BCUT2D eigenvalue weighted by Gasteiger charge is -2.22. The van der Waals surface area contributed by atoms with Crippen molar-refractivity contribution in [3.8, 4) is 0 Å². The van der Waals surface area contributed by atoms with Crippen LogP contribution in [0.5, 0.6) is 0 Å². The monoisotopic (exact) mass is 418 g/mol. The van der Waals surface area contributed by atoms with Gasteiger partial charge in [-0.15, -0.1) is 0 Å². The summed E-state index contributed by atoms with van der Waals surface area (Å²) in [5.74, 6) is 0.369. The Balaban J connectivity index is 1.43.